The molecule has 30 heavy (non-hydrogen) atoms. The smallest absolute Gasteiger partial charge is 0.302 e. The zero-order valence-electron chi connectivity index (χ0n) is 17.0. The van der Waals surface area contributed by atoms with Gasteiger partial charge in [0.1, 0.15) is 11.8 Å². The van der Waals surface area contributed by atoms with Crippen molar-refractivity contribution in [2.45, 2.75) is 38.8 Å². The fourth-order valence-corrected chi connectivity index (χ4v) is 3.67. The maximum absolute atomic E-state index is 12.5. The van der Waals surface area contributed by atoms with Crippen LogP contribution in [0, 0.1) is 0 Å². The molecule has 1 N–H and O–H groups in total. The largest absolute Gasteiger partial charge is 0.494 e. The van der Waals surface area contributed by atoms with Crippen molar-refractivity contribution in [1.29, 1.82) is 0 Å². The van der Waals surface area contributed by atoms with Gasteiger partial charge in [0.15, 0.2) is 0 Å². The summed E-state index contributed by atoms with van der Waals surface area (Å²) in [5.41, 5.74) is 3.00. The fourth-order valence-electron chi connectivity index (χ4n) is 3.67. The SMILES string of the molecule is CC(=O)OCCCCOc1ccc2c(c1)CN1C(=N2)NC(=O)C1Cc1ccccc1. The zero-order valence-corrected chi connectivity index (χ0v) is 17.0. The van der Waals surface area contributed by atoms with Gasteiger partial charge in [0.25, 0.3) is 0 Å². The van der Waals surface area contributed by atoms with E-state index in [4.69, 9.17) is 9.47 Å². The van der Waals surface area contributed by atoms with Crippen LogP contribution in [0.1, 0.15) is 30.9 Å². The number of fused-ring (bicyclic) bond motifs is 2. The number of nitrogens with zero attached hydrogens (tertiary/aromatic N) is 2. The summed E-state index contributed by atoms with van der Waals surface area (Å²) in [7, 11) is 0. The van der Waals surface area contributed by atoms with Crippen molar-refractivity contribution < 1.29 is 19.1 Å². The van der Waals surface area contributed by atoms with Crippen LogP contribution in [0.2, 0.25) is 0 Å². The Bertz CT molecular complexity index is 958. The summed E-state index contributed by atoms with van der Waals surface area (Å²) >= 11 is 0. The molecule has 2 aliphatic heterocycles. The second-order valence-electron chi connectivity index (χ2n) is 7.44. The molecule has 7 heteroatoms. The summed E-state index contributed by atoms with van der Waals surface area (Å²) in [5, 5.41) is 2.91. The Morgan fingerprint density at radius 2 is 1.97 bits per heavy atom. The van der Waals surface area contributed by atoms with Crippen LogP contribution in [0.4, 0.5) is 5.69 Å². The van der Waals surface area contributed by atoms with Crippen molar-refractivity contribution in [3.8, 4) is 5.75 Å². The Morgan fingerprint density at radius 3 is 2.77 bits per heavy atom. The molecule has 0 bridgehead atoms. The van der Waals surface area contributed by atoms with Gasteiger partial charge in [0, 0.05) is 25.5 Å². The van der Waals surface area contributed by atoms with Crippen molar-refractivity contribution >= 4 is 23.5 Å². The third kappa shape index (κ3) is 4.62. The predicted octanol–water partition coefficient (Wildman–Crippen LogP) is 2.95. The second kappa shape index (κ2) is 8.98. The van der Waals surface area contributed by atoms with Gasteiger partial charge in [0.05, 0.1) is 18.9 Å². The lowest BCUT2D eigenvalue weighted by molar-refractivity contribution is -0.141. The highest BCUT2D eigenvalue weighted by atomic mass is 16.5. The minimum absolute atomic E-state index is 0.0188. The quantitative estimate of drug-likeness (QED) is 0.538. The molecule has 2 aliphatic rings. The number of carbonyl (C=O) groups is 2. The van der Waals surface area contributed by atoms with E-state index in [2.05, 4.69) is 10.3 Å². The van der Waals surface area contributed by atoms with Gasteiger partial charge < -0.3 is 14.4 Å². The zero-order chi connectivity index (χ0) is 20.9. The minimum Gasteiger partial charge on any atom is -0.494 e. The van der Waals surface area contributed by atoms with Crippen LogP contribution < -0.4 is 10.1 Å². The molecule has 2 aromatic rings. The summed E-state index contributed by atoms with van der Waals surface area (Å²) in [5.74, 6) is 1.12. The molecule has 0 saturated carbocycles. The van der Waals surface area contributed by atoms with E-state index in [0.29, 0.717) is 32.1 Å². The van der Waals surface area contributed by atoms with Crippen LogP contribution in [0.15, 0.2) is 53.5 Å². The van der Waals surface area contributed by atoms with Crippen LogP contribution in [-0.4, -0.2) is 42.0 Å². The first kappa shape index (κ1) is 19.9. The number of hydrogen-bond acceptors (Lipinski definition) is 6. The molecule has 2 aromatic carbocycles. The average molecular weight is 407 g/mol. The normalized spacial score (nSPS) is 17.0. The average Bonchev–Trinajstić information content (AvgIpc) is 3.03. The summed E-state index contributed by atoms with van der Waals surface area (Å²) in [6.45, 7) is 2.98. The number of amides is 1. The summed E-state index contributed by atoms with van der Waals surface area (Å²) in [6.07, 6.45) is 2.21. The van der Waals surface area contributed by atoms with E-state index >= 15 is 0 Å². The van der Waals surface area contributed by atoms with E-state index in [1.165, 1.54) is 6.92 Å². The molecule has 1 atom stereocenters. The number of nitrogens with one attached hydrogen (secondary N) is 1. The Morgan fingerprint density at radius 1 is 1.17 bits per heavy atom. The fraction of sp³-hybridized carbons (Fsp3) is 0.348. The Hall–Kier alpha value is -3.35. The summed E-state index contributed by atoms with van der Waals surface area (Å²) in [6, 6.07) is 15.5. The van der Waals surface area contributed by atoms with Crippen LogP contribution in [0.25, 0.3) is 0 Å². The molecular formula is C23H25N3O4. The lowest BCUT2D eigenvalue weighted by Gasteiger charge is -2.28. The maximum atomic E-state index is 12.5. The molecule has 1 unspecified atom stereocenters. The maximum Gasteiger partial charge on any atom is 0.302 e. The van der Waals surface area contributed by atoms with Gasteiger partial charge in [0.2, 0.25) is 11.9 Å². The van der Waals surface area contributed by atoms with Gasteiger partial charge in [-0.2, -0.15) is 0 Å². The number of rotatable bonds is 8. The summed E-state index contributed by atoms with van der Waals surface area (Å²) in [4.78, 5) is 30.0. The van der Waals surface area contributed by atoms with Gasteiger partial charge in [-0.25, -0.2) is 4.99 Å². The number of esters is 1. The van der Waals surface area contributed by atoms with Gasteiger partial charge in [-0.3, -0.25) is 14.9 Å². The summed E-state index contributed by atoms with van der Waals surface area (Å²) < 4.78 is 10.8. The van der Waals surface area contributed by atoms with E-state index in [0.717, 1.165) is 35.4 Å². The first-order chi connectivity index (χ1) is 14.6. The first-order valence-corrected chi connectivity index (χ1v) is 10.2. The molecule has 0 spiro atoms. The van der Waals surface area contributed by atoms with Crippen LogP contribution in [0.5, 0.6) is 5.75 Å². The molecule has 1 fully saturated rings. The van der Waals surface area contributed by atoms with Crippen molar-refractivity contribution in [2.24, 2.45) is 4.99 Å². The molecule has 0 aromatic heterocycles. The number of carbonyl (C=O) groups excluding carboxylic acids is 2. The highest BCUT2D eigenvalue weighted by Crippen LogP contribution is 2.32. The Kier molecular flexibility index (Phi) is 5.97. The van der Waals surface area contributed by atoms with Gasteiger partial charge >= 0.3 is 5.97 Å². The van der Waals surface area contributed by atoms with E-state index in [9.17, 15) is 9.59 Å². The molecule has 0 aliphatic carbocycles. The van der Waals surface area contributed by atoms with Gasteiger partial charge in [-0.1, -0.05) is 30.3 Å². The predicted molar refractivity (Wildman–Crippen MR) is 113 cm³/mol. The molecule has 156 valence electrons. The van der Waals surface area contributed by atoms with Crippen molar-refractivity contribution in [3.05, 3.63) is 59.7 Å². The standard InChI is InChI=1S/C23H25N3O4/c1-16(27)29-11-5-6-12-30-19-9-10-20-18(14-19)15-26-21(22(28)25-23(26)24-20)13-17-7-3-2-4-8-17/h2-4,7-10,14,21H,5-6,11-13,15H2,1H3,(H,24,25,28). The first-order valence-electron chi connectivity index (χ1n) is 10.2. The minimum atomic E-state index is -0.273. The lowest BCUT2D eigenvalue weighted by Crippen LogP contribution is -2.38. The topological polar surface area (TPSA) is 80.2 Å². The van der Waals surface area contributed by atoms with Gasteiger partial charge in [-0.15, -0.1) is 0 Å². The van der Waals surface area contributed by atoms with E-state index in [-0.39, 0.29) is 17.9 Å². The molecule has 4 rings (SSSR count). The molecular weight excluding hydrogens is 382 g/mol. The molecule has 2 heterocycles. The number of ether oxygens (including phenoxy) is 2. The number of guanidine groups is 1. The third-order valence-corrected chi connectivity index (χ3v) is 5.19. The number of hydrogen-bond donors (Lipinski definition) is 1. The van der Waals surface area contributed by atoms with Crippen molar-refractivity contribution in [1.82, 2.24) is 10.2 Å². The Balaban J connectivity index is 1.38. The number of unbranched alkanes of at least 4 members (excludes halogenated alkanes) is 1. The van der Waals surface area contributed by atoms with Crippen molar-refractivity contribution in [3.63, 3.8) is 0 Å². The van der Waals surface area contributed by atoms with E-state index in [1.54, 1.807) is 0 Å². The molecule has 7 nitrogen and oxygen atoms in total. The number of benzene rings is 2. The number of aliphatic imine (C=N–C) groups is 1. The van der Waals surface area contributed by atoms with E-state index < -0.39 is 0 Å². The van der Waals surface area contributed by atoms with Gasteiger partial charge in [-0.05, 0) is 36.6 Å². The Labute approximate surface area is 175 Å². The third-order valence-electron chi connectivity index (χ3n) is 5.19. The highest BCUT2D eigenvalue weighted by Gasteiger charge is 2.39. The van der Waals surface area contributed by atoms with E-state index in [1.807, 2.05) is 53.4 Å². The molecule has 1 saturated heterocycles. The van der Waals surface area contributed by atoms with Crippen LogP contribution in [0.3, 0.4) is 0 Å². The molecule has 0 radical (unpaired) electrons. The molecule has 1 amide bonds. The van der Waals surface area contributed by atoms with Crippen molar-refractivity contribution in [2.75, 3.05) is 13.2 Å². The van der Waals surface area contributed by atoms with Crippen LogP contribution in [-0.2, 0) is 27.3 Å². The highest BCUT2D eigenvalue weighted by molar-refractivity contribution is 6.07. The lowest BCUT2D eigenvalue weighted by atomic mass is 10.0. The monoisotopic (exact) mass is 407 g/mol. The van der Waals surface area contributed by atoms with Crippen LogP contribution >= 0.6 is 0 Å². The second-order valence-corrected chi connectivity index (χ2v) is 7.44.